The lowest BCUT2D eigenvalue weighted by atomic mass is 10.0. The second-order valence-corrected chi connectivity index (χ2v) is 5.93. The van der Waals surface area contributed by atoms with E-state index < -0.39 is 0 Å². The van der Waals surface area contributed by atoms with Crippen LogP contribution in [-0.2, 0) is 4.74 Å². The van der Waals surface area contributed by atoms with Crippen LogP contribution in [0.5, 0.6) is 0 Å². The molecule has 2 aromatic rings. The molecule has 0 unspecified atom stereocenters. The molecule has 0 spiro atoms. The van der Waals surface area contributed by atoms with E-state index in [1.54, 1.807) is 25.4 Å². The zero-order valence-corrected chi connectivity index (χ0v) is 14.5. The van der Waals surface area contributed by atoms with E-state index in [4.69, 9.17) is 4.74 Å². The van der Waals surface area contributed by atoms with E-state index in [9.17, 15) is 4.79 Å². The number of hydrogen-bond acceptors (Lipinski definition) is 4. The molecule has 1 heterocycles. The summed E-state index contributed by atoms with van der Waals surface area (Å²) in [6, 6.07) is 11.4. The average molecular weight is 327 g/mol. The van der Waals surface area contributed by atoms with E-state index in [2.05, 4.69) is 29.5 Å². The SMILES string of the molecule is COCCCNc1cc(C(=O)Nc2ccc(C(C)C)cc2)ccn1. The van der Waals surface area contributed by atoms with Gasteiger partial charge in [-0.25, -0.2) is 4.98 Å². The highest BCUT2D eigenvalue weighted by atomic mass is 16.5. The van der Waals surface area contributed by atoms with Gasteiger partial charge < -0.3 is 15.4 Å². The number of amides is 1. The predicted octanol–water partition coefficient (Wildman–Crippen LogP) is 3.91. The van der Waals surface area contributed by atoms with Crippen LogP contribution in [0.4, 0.5) is 11.5 Å². The van der Waals surface area contributed by atoms with Crippen molar-refractivity contribution in [1.82, 2.24) is 4.98 Å². The molecule has 0 fully saturated rings. The number of hydrogen-bond donors (Lipinski definition) is 2. The molecule has 128 valence electrons. The summed E-state index contributed by atoms with van der Waals surface area (Å²) in [5.41, 5.74) is 2.61. The highest BCUT2D eigenvalue weighted by molar-refractivity contribution is 6.04. The van der Waals surface area contributed by atoms with Crippen LogP contribution in [0, 0.1) is 0 Å². The normalized spacial score (nSPS) is 10.7. The number of methoxy groups -OCH3 is 1. The minimum absolute atomic E-state index is 0.144. The molecular formula is C19H25N3O2. The van der Waals surface area contributed by atoms with E-state index in [1.165, 1.54) is 5.56 Å². The smallest absolute Gasteiger partial charge is 0.255 e. The number of pyridine rings is 1. The standard InChI is InChI=1S/C19H25N3O2/c1-14(2)15-5-7-17(8-6-15)22-19(23)16-9-11-21-18(13-16)20-10-4-12-24-3/h5-9,11,13-14H,4,10,12H2,1-3H3,(H,20,21)(H,22,23). The molecule has 0 aliphatic heterocycles. The van der Waals surface area contributed by atoms with Gasteiger partial charge in [-0.1, -0.05) is 26.0 Å². The molecule has 5 heteroatoms. The molecule has 0 atom stereocenters. The molecule has 0 saturated carbocycles. The molecule has 1 aromatic heterocycles. The van der Waals surface area contributed by atoms with Crippen LogP contribution in [-0.4, -0.2) is 31.2 Å². The monoisotopic (exact) mass is 327 g/mol. The van der Waals surface area contributed by atoms with Gasteiger partial charge in [-0.2, -0.15) is 0 Å². The van der Waals surface area contributed by atoms with Crippen molar-refractivity contribution in [3.63, 3.8) is 0 Å². The lowest BCUT2D eigenvalue weighted by Gasteiger charge is -2.10. The highest BCUT2D eigenvalue weighted by Gasteiger charge is 2.08. The largest absolute Gasteiger partial charge is 0.385 e. The Bertz CT molecular complexity index is 654. The van der Waals surface area contributed by atoms with Crippen LogP contribution in [0.2, 0.25) is 0 Å². The van der Waals surface area contributed by atoms with Crippen molar-refractivity contribution in [2.24, 2.45) is 0 Å². The number of nitrogens with one attached hydrogen (secondary N) is 2. The van der Waals surface area contributed by atoms with Crippen LogP contribution in [0.15, 0.2) is 42.6 Å². The fraction of sp³-hybridized carbons (Fsp3) is 0.368. The van der Waals surface area contributed by atoms with Crippen LogP contribution in [0.1, 0.15) is 42.1 Å². The molecule has 1 amide bonds. The van der Waals surface area contributed by atoms with Gasteiger partial charge in [0.05, 0.1) is 0 Å². The molecular weight excluding hydrogens is 302 g/mol. The number of rotatable bonds is 8. The van der Waals surface area contributed by atoms with Gasteiger partial charge in [-0.05, 0) is 42.2 Å². The van der Waals surface area contributed by atoms with Crippen LogP contribution in [0.25, 0.3) is 0 Å². The number of carbonyl (C=O) groups excluding carboxylic acids is 1. The van der Waals surface area contributed by atoms with E-state index in [1.807, 2.05) is 24.3 Å². The van der Waals surface area contributed by atoms with Crippen molar-refractivity contribution in [2.45, 2.75) is 26.2 Å². The molecule has 0 bridgehead atoms. The lowest BCUT2D eigenvalue weighted by molar-refractivity contribution is 0.102. The predicted molar refractivity (Wildman–Crippen MR) is 97.7 cm³/mol. The Morgan fingerprint density at radius 3 is 2.62 bits per heavy atom. The van der Waals surface area contributed by atoms with Gasteiger partial charge in [0.2, 0.25) is 0 Å². The van der Waals surface area contributed by atoms with Crippen molar-refractivity contribution in [3.8, 4) is 0 Å². The zero-order valence-electron chi connectivity index (χ0n) is 14.5. The minimum atomic E-state index is -0.144. The Labute approximate surface area is 143 Å². The van der Waals surface area contributed by atoms with Gasteiger partial charge in [0, 0.05) is 37.7 Å². The van der Waals surface area contributed by atoms with E-state index >= 15 is 0 Å². The zero-order chi connectivity index (χ0) is 17.4. The molecule has 0 aliphatic carbocycles. The molecule has 0 saturated heterocycles. The number of nitrogens with zero attached hydrogens (tertiary/aromatic N) is 1. The topological polar surface area (TPSA) is 63.2 Å². The summed E-state index contributed by atoms with van der Waals surface area (Å²) in [6.07, 6.45) is 2.52. The number of ether oxygens (including phenoxy) is 1. The summed E-state index contributed by atoms with van der Waals surface area (Å²) in [5.74, 6) is 1.02. The fourth-order valence-corrected chi connectivity index (χ4v) is 2.26. The van der Waals surface area contributed by atoms with E-state index in [0.717, 1.165) is 18.7 Å². The molecule has 2 rings (SSSR count). The molecule has 2 N–H and O–H groups in total. The van der Waals surface area contributed by atoms with Crippen molar-refractivity contribution in [1.29, 1.82) is 0 Å². The van der Waals surface area contributed by atoms with Crippen LogP contribution < -0.4 is 10.6 Å². The average Bonchev–Trinajstić information content (AvgIpc) is 2.59. The summed E-state index contributed by atoms with van der Waals surface area (Å²) < 4.78 is 5.01. The maximum atomic E-state index is 12.4. The molecule has 5 nitrogen and oxygen atoms in total. The summed E-state index contributed by atoms with van der Waals surface area (Å²) in [6.45, 7) is 5.74. The molecule has 24 heavy (non-hydrogen) atoms. The second kappa shape index (κ2) is 9.03. The van der Waals surface area contributed by atoms with Gasteiger partial charge >= 0.3 is 0 Å². The fourth-order valence-electron chi connectivity index (χ4n) is 2.26. The van der Waals surface area contributed by atoms with Gasteiger partial charge in [-0.15, -0.1) is 0 Å². The first-order valence-electron chi connectivity index (χ1n) is 8.20. The Morgan fingerprint density at radius 1 is 1.21 bits per heavy atom. The highest BCUT2D eigenvalue weighted by Crippen LogP contribution is 2.18. The number of aromatic nitrogens is 1. The van der Waals surface area contributed by atoms with Crippen molar-refractivity contribution in [3.05, 3.63) is 53.7 Å². The summed E-state index contributed by atoms with van der Waals surface area (Å²) in [4.78, 5) is 16.6. The van der Waals surface area contributed by atoms with Crippen molar-refractivity contribution in [2.75, 3.05) is 30.9 Å². The van der Waals surface area contributed by atoms with Crippen LogP contribution >= 0.6 is 0 Å². The van der Waals surface area contributed by atoms with Gasteiger partial charge in [0.1, 0.15) is 5.82 Å². The van der Waals surface area contributed by atoms with Crippen molar-refractivity contribution >= 4 is 17.4 Å². The van der Waals surface area contributed by atoms with Gasteiger partial charge in [0.15, 0.2) is 0 Å². The number of anilines is 2. The third-order valence-corrected chi connectivity index (χ3v) is 3.69. The first-order valence-corrected chi connectivity index (χ1v) is 8.20. The van der Waals surface area contributed by atoms with E-state index in [-0.39, 0.29) is 5.91 Å². The number of benzene rings is 1. The molecule has 0 radical (unpaired) electrons. The second-order valence-electron chi connectivity index (χ2n) is 5.93. The molecule has 0 aliphatic rings. The summed E-state index contributed by atoms with van der Waals surface area (Å²) in [5, 5.41) is 6.10. The van der Waals surface area contributed by atoms with Crippen molar-refractivity contribution < 1.29 is 9.53 Å². The number of carbonyl (C=O) groups is 1. The maximum Gasteiger partial charge on any atom is 0.255 e. The quantitative estimate of drug-likeness (QED) is 0.722. The lowest BCUT2D eigenvalue weighted by Crippen LogP contribution is -2.13. The van der Waals surface area contributed by atoms with E-state index in [0.29, 0.717) is 23.9 Å². The third kappa shape index (κ3) is 5.35. The Morgan fingerprint density at radius 2 is 1.96 bits per heavy atom. The summed E-state index contributed by atoms with van der Waals surface area (Å²) >= 11 is 0. The Kier molecular flexibility index (Phi) is 6.75. The maximum absolute atomic E-state index is 12.4. The minimum Gasteiger partial charge on any atom is -0.385 e. The molecule has 1 aromatic carbocycles. The van der Waals surface area contributed by atoms with Gasteiger partial charge in [-0.3, -0.25) is 4.79 Å². The Hall–Kier alpha value is -2.40. The third-order valence-electron chi connectivity index (χ3n) is 3.69. The summed E-state index contributed by atoms with van der Waals surface area (Å²) in [7, 11) is 1.68. The van der Waals surface area contributed by atoms with Gasteiger partial charge in [0.25, 0.3) is 5.91 Å². The first kappa shape index (κ1) is 17.9. The van der Waals surface area contributed by atoms with Crippen LogP contribution in [0.3, 0.4) is 0 Å². The Balaban J connectivity index is 1.96. The first-order chi connectivity index (χ1) is 11.6.